The van der Waals surface area contributed by atoms with E-state index in [0.29, 0.717) is 5.92 Å². The van der Waals surface area contributed by atoms with Crippen LogP contribution >= 0.6 is 0 Å². The summed E-state index contributed by atoms with van der Waals surface area (Å²) in [5.41, 5.74) is 0. The first-order chi connectivity index (χ1) is 9.31. The molecule has 2 atom stereocenters. The van der Waals surface area contributed by atoms with Crippen LogP contribution in [0.25, 0.3) is 0 Å². The van der Waals surface area contributed by atoms with E-state index >= 15 is 0 Å². The molecule has 106 valence electrons. The number of hydrogen-bond donors (Lipinski definition) is 1. The van der Waals surface area contributed by atoms with Gasteiger partial charge >= 0.3 is 0 Å². The second kappa shape index (κ2) is 6.04. The van der Waals surface area contributed by atoms with Crippen molar-refractivity contribution < 1.29 is 4.52 Å². The molecule has 19 heavy (non-hydrogen) atoms. The van der Waals surface area contributed by atoms with Gasteiger partial charge in [-0.3, -0.25) is 0 Å². The van der Waals surface area contributed by atoms with Crippen LogP contribution in [0, 0.1) is 11.8 Å². The highest BCUT2D eigenvalue weighted by atomic mass is 16.5. The van der Waals surface area contributed by atoms with E-state index in [0.717, 1.165) is 43.1 Å². The van der Waals surface area contributed by atoms with Crippen LogP contribution in [0.4, 0.5) is 0 Å². The van der Waals surface area contributed by atoms with Crippen LogP contribution in [0.2, 0.25) is 0 Å². The molecule has 0 spiro atoms. The fraction of sp³-hybridized carbons (Fsp3) is 0.867. The highest BCUT2D eigenvalue weighted by Crippen LogP contribution is 2.34. The minimum absolute atomic E-state index is 0.536. The first kappa shape index (κ1) is 13.1. The van der Waals surface area contributed by atoms with E-state index in [9.17, 15) is 0 Å². The average molecular weight is 263 g/mol. The molecule has 1 aliphatic heterocycles. The maximum atomic E-state index is 5.47. The Hall–Kier alpha value is -0.900. The fourth-order valence-electron chi connectivity index (χ4n) is 3.52. The minimum atomic E-state index is 0.536. The Morgan fingerprint density at radius 2 is 2.05 bits per heavy atom. The number of hydrogen-bond acceptors (Lipinski definition) is 4. The Morgan fingerprint density at radius 3 is 2.84 bits per heavy atom. The molecule has 1 saturated carbocycles. The van der Waals surface area contributed by atoms with Gasteiger partial charge in [0.2, 0.25) is 5.89 Å². The number of nitrogens with one attached hydrogen (secondary N) is 1. The van der Waals surface area contributed by atoms with E-state index in [4.69, 9.17) is 4.52 Å². The van der Waals surface area contributed by atoms with Crippen molar-refractivity contribution in [2.24, 2.45) is 11.8 Å². The Labute approximate surface area is 115 Å². The predicted molar refractivity (Wildman–Crippen MR) is 74.0 cm³/mol. The number of rotatable bonds is 3. The highest BCUT2D eigenvalue weighted by molar-refractivity contribution is 4.98. The Bertz CT molecular complexity index is 398. The van der Waals surface area contributed by atoms with Crippen molar-refractivity contribution in [2.75, 3.05) is 13.1 Å². The highest BCUT2D eigenvalue weighted by Gasteiger charge is 2.25. The summed E-state index contributed by atoms with van der Waals surface area (Å²) < 4.78 is 5.47. The standard InChI is InChI=1S/C15H25N3O/c1-11-3-2-4-13(9-11)15-17-14(19-18-15)10-12-5-7-16-8-6-12/h11-13,16H,2-10H2,1H3. The number of nitrogens with zero attached hydrogens (tertiary/aromatic N) is 2. The van der Waals surface area contributed by atoms with Crippen molar-refractivity contribution >= 4 is 0 Å². The first-order valence-corrected chi connectivity index (χ1v) is 7.84. The monoisotopic (exact) mass is 263 g/mol. The third-order valence-corrected chi connectivity index (χ3v) is 4.71. The smallest absolute Gasteiger partial charge is 0.226 e. The normalized spacial score (nSPS) is 29.5. The van der Waals surface area contributed by atoms with Crippen molar-refractivity contribution in [3.63, 3.8) is 0 Å². The molecule has 0 amide bonds. The summed E-state index contributed by atoms with van der Waals surface area (Å²) in [5.74, 6) is 3.90. The lowest BCUT2D eigenvalue weighted by atomic mass is 9.82. The van der Waals surface area contributed by atoms with E-state index < -0.39 is 0 Å². The van der Waals surface area contributed by atoms with Gasteiger partial charge in [-0.25, -0.2) is 0 Å². The quantitative estimate of drug-likeness (QED) is 0.911. The number of piperidine rings is 1. The molecule has 1 aromatic heterocycles. The third kappa shape index (κ3) is 3.35. The first-order valence-electron chi connectivity index (χ1n) is 7.84. The topological polar surface area (TPSA) is 51.0 Å². The molecule has 1 aliphatic carbocycles. The predicted octanol–water partition coefficient (Wildman–Crippen LogP) is 2.91. The van der Waals surface area contributed by atoms with Gasteiger partial charge in [-0.2, -0.15) is 4.98 Å². The van der Waals surface area contributed by atoms with Crippen molar-refractivity contribution in [3.05, 3.63) is 11.7 Å². The van der Waals surface area contributed by atoms with Crippen LogP contribution in [0.5, 0.6) is 0 Å². The summed E-state index contributed by atoms with van der Waals surface area (Å²) in [5, 5.41) is 7.63. The molecule has 4 heteroatoms. The maximum absolute atomic E-state index is 5.47. The zero-order valence-corrected chi connectivity index (χ0v) is 11.9. The summed E-state index contributed by atoms with van der Waals surface area (Å²) in [6, 6.07) is 0. The second-order valence-electron chi connectivity index (χ2n) is 6.41. The Kier molecular flexibility index (Phi) is 4.16. The van der Waals surface area contributed by atoms with Gasteiger partial charge in [0, 0.05) is 12.3 Å². The summed E-state index contributed by atoms with van der Waals surface area (Å²) >= 11 is 0. The molecule has 2 heterocycles. The zero-order chi connectivity index (χ0) is 13.1. The summed E-state index contributed by atoms with van der Waals surface area (Å²) in [7, 11) is 0. The van der Waals surface area contributed by atoms with E-state index in [1.54, 1.807) is 0 Å². The summed E-state index contributed by atoms with van der Waals surface area (Å²) in [6.45, 7) is 4.60. The van der Waals surface area contributed by atoms with Crippen LogP contribution in [0.1, 0.15) is 63.1 Å². The molecule has 2 fully saturated rings. The van der Waals surface area contributed by atoms with Gasteiger partial charge in [0.15, 0.2) is 5.82 Å². The lowest BCUT2D eigenvalue weighted by Gasteiger charge is -2.24. The van der Waals surface area contributed by atoms with Gasteiger partial charge in [-0.15, -0.1) is 0 Å². The van der Waals surface area contributed by atoms with Gasteiger partial charge < -0.3 is 9.84 Å². The van der Waals surface area contributed by atoms with Gasteiger partial charge in [0.1, 0.15) is 0 Å². The van der Waals surface area contributed by atoms with Crippen LogP contribution in [0.3, 0.4) is 0 Å². The van der Waals surface area contributed by atoms with Gasteiger partial charge in [-0.05, 0) is 50.6 Å². The lowest BCUT2D eigenvalue weighted by molar-refractivity contribution is 0.303. The van der Waals surface area contributed by atoms with Crippen molar-refractivity contribution in [3.8, 4) is 0 Å². The maximum Gasteiger partial charge on any atom is 0.226 e. The molecular formula is C15H25N3O. The van der Waals surface area contributed by atoms with Crippen LogP contribution < -0.4 is 5.32 Å². The van der Waals surface area contributed by atoms with Gasteiger partial charge in [0.05, 0.1) is 0 Å². The Morgan fingerprint density at radius 1 is 1.21 bits per heavy atom. The molecule has 3 rings (SSSR count). The third-order valence-electron chi connectivity index (χ3n) is 4.71. The zero-order valence-electron chi connectivity index (χ0n) is 11.9. The van der Waals surface area contributed by atoms with Gasteiger partial charge in [-0.1, -0.05) is 24.9 Å². The van der Waals surface area contributed by atoms with Crippen LogP contribution in [-0.2, 0) is 6.42 Å². The Balaban J connectivity index is 1.59. The molecule has 4 nitrogen and oxygen atoms in total. The van der Waals surface area contributed by atoms with E-state index in [1.165, 1.54) is 38.5 Å². The van der Waals surface area contributed by atoms with Gasteiger partial charge in [0.25, 0.3) is 0 Å². The molecule has 1 N–H and O–H groups in total. The lowest BCUT2D eigenvalue weighted by Crippen LogP contribution is -2.28. The molecule has 0 aromatic carbocycles. The molecule has 2 aliphatic rings. The minimum Gasteiger partial charge on any atom is -0.339 e. The molecule has 0 radical (unpaired) electrons. The fourth-order valence-corrected chi connectivity index (χ4v) is 3.52. The van der Waals surface area contributed by atoms with E-state index in [2.05, 4.69) is 22.4 Å². The molecule has 1 aromatic rings. The van der Waals surface area contributed by atoms with E-state index in [1.807, 2.05) is 0 Å². The van der Waals surface area contributed by atoms with E-state index in [-0.39, 0.29) is 0 Å². The SMILES string of the molecule is CC1CCCC(c2noc(CC3CCNCC3)n2)C1. The summed E-state index contributed by atoms with van der Waals surface area (Å²) in [4.78, 5) is 4.66. The van der Waals surface area contributed by atoms with Crippen molar-refractivity contribution in [2.45, 2.75) is 57.8 Å². The summed E-state index contributed by atoms with van der Waals surface area (Å²) in [6.07, 6.45) is 8.57. The largest absolute Gasteiger partial charge is 0.339 e. The van der Waals surface area contributed by atoms with Crippen LogP contribution in [-0.4, -0.2) is 23.2 Å². The molecule has 0 bridgehead atoms. The number of aromatic nitrogens is 2. The molecule has 1 saturated heterocycles. The van der Waals surface area contributed by atoms with Crippen LogP contribution in [0.15, 0.2) is 4.52 Å². The molecular weight excluding hydrogens is 238 g/mol. The second-order valence-corrected chi connectivity index (χ2v) is 6.41. The van der Waals surface area contributed by atoms with Crippen molar-refractivity contribution in [1.82, 2.24) is 15.5 Å². The van der Waals surface area contributed by atoms with Crippen molar-refractivity contribution in [1.29, 1.82) is 0 Å². The average Bonchev–Trinajstić information content (AvgIpc) is 2.88. The molecule has 2 unspecified atom stereocenters.